The minimum atomic E-state index is 0.00959. The molecule has 0 N–H and O–H groups in total. The Kier molecular flexibility index (Phi) is 5.38. The number of hydrogen-bond donors (Lipinski definition) is 0. The Morgan fingerprint density at radius 1 is 1.16 bits per heavy atom. The third-order valence-electron chi connectivity index (χ3n) is 4.62. The zero-order valence-corrected chi connectivity index (χ0v) is 16.2. The van der Waals surface area contributed by atoms with Crippen molar-refractivity contribution in [2.75, 3.05) is 12.4 Å². The maximum atomic E-state index is 12.6. The molecular formula is C21H25NO2S. The fourth-order valence-electron chi connectivity index (χ4n) is 3.48. The molecule has 0 saturated carbocycles. The molecule has 1 aliphatic heterocycles. The van der Waals surface area contributed by atoms with Crippen LogP contribution in [-0.2, 0) is 11.3 Å². The molecule has 1 aliphatic rings. The number of aryl methyl sites for hydroxylation is 3. The standard InChI is InChI=1S/C21H25NO2S/c1-5-24-19-9-7-6-8-17(19)21-22(20(23)13-25-21)12-18-15(3)10-14(2)11-16(18)4/h6-11,21H,5,12-13H2,1-4H3. The van der Waals surface area contributed by atoms with E-state index in [1.54, 1.807) is 11.8 Å². The van der Waals surface area contributed by atoms with Crippen molar-refractivity contribution < 1.29 is 9.53 Å². The summed E-state index contributed by atoms with van der Waals surface area (Å²) in [4.78, 5) is 14.6. The van der Waals surface area contributed by atoms with Crippen molar-refractivity contribution in [1.82, 2.24) is 4.90 Å². The van der Waals surface area contributed by atoms with Crippen LogP contribution in [0.3, 0.4) is 0 Å². The number of amides is 1. The molecule has 1 amide bonds. The van der Waals surface area contributed by atoms with Crippen LogP contribution >= 0.6 is 11.8 Å². The number of carbonyl (C=O) groups is 1. The molecule has 0 aromatic heterocycles. The van der Waals surface area contributed by atoms with E-state index in [0.29, 0.717) is 18.9 Å². The molecule has 2 aromatic carbocycles. The summed E-state index contributed by atoms with van der Waals surface area (Å²) in [5.41, 5.74) is 6.10. The number of para-hydroxylation sites is 1. The summed E-state index contributed by atoms with van der Waals surface area (Å²) < 4.78 is 5.80. The Morgan fingerprint density at radius 3 is 2.52 bits per heavy atom. The third-order valence-corrected chi connectivity index (χ3v) is 5.86. The smallest absolute Gasteiger partial charge is 0.234 e. The van der Waals surface area contributed by atoms with Crippen LogP contribution in [0.15, 0.2) is 36.4 Å². The summed E-state index contributed by atoms with van der Waals surface area (Å²) in [6.45, 7) is 9.63. The second-order valence-electron chi connectivity index (χ2n) is 6.53. The molecule has 1 heterocycles. The summed E-state index contributed by atoms with van der Waals surface area (Å²) in [6.07, 6.45) is 0. The van der Waals surface area contributed by atoms with Crippen molar-refractivity contribution in [3.63, 3.8) is 0 Å². The molecule has 1 atom stereocenters. The zero-order chi connectivity index (χ0) is 18.0. The average Bonchev–Trinajstić information content (AvgIpc) is 2.92. The topological polar surface area (TPSA) is 29.5 Å². The van der Waals surface area contributed by atoms with Gasteiger partial charge >= 0.3 is 0 Å². The van der Waals surface area contributed by atoms with Crippen molar-refractivity contribution in [2.24, 2.45) is 0 Å². The highest BCUT2D eigenvalue weighted by atomic mass is 32.2. The van der Waals surface area contributed by atoms with E-state index in [4.69, 9.17) is 4.74 Å². The highest BCUT2D eigenvalue weighted by molar-refractivity contribution is 8.00. The van der Waals surface area contributed by atoms with Crippen LogP contribution in [0.25, 0.3) is 0 Å². The van der Waals surface area contributed by atoms with E-state index in [2.05, 4.69) is 39.0 Å². The van der Waals surface area contributed by atoms with Crippen LogP contribution in [0, 0.1) is 20.8 Å². The third kappa shape index (κ3) is 3.69. The first kappa shape index (κ1) is 17.9. The number of carbonyl (C=O) groups excluding carboxylic acids is 1. The number of ether oxygens (including phenoxy) is 1. The highest BCUT2D eigenvalue weighted by Gasteiger charge is 2.34. The minimum Gasteiger partial charge on any atom is -0.493 e. The van der Waals surface area contributed by atoms with Crippen LogP contribution in [-0.4, -0.2) is 23.2 Å². The summed E-state index contributed by atoms with van der Waals surface area (Å²) >= 11 is 1.68. The second-order valence-corrected chi connectivity index (χ2v) is 7.60. The molecule has 3 nitrogen and oxygen atoms in total. The fraction of sp³-hybridized carbons (Fsp3) is 0.381. The fourth-order valence-corrected chi connectivity index (χ4v) is 4.70. The molecule has 0 radical (unpaired) electrons. The molecule has 4 heteroatoms. The van der Waals surface area contributed by atoms with Gasteiger partial charge in [0.25, 0.3) is 0 Å². The SMILES string of the molecule is CCOc1ccccc1C1SCC(=O)N1Cc1c(C)cc(C)cc1C. The lowest BCUT2D eigenvalue weighted by Crippen LogP contribution is -2.28. The van der Waals surface area contributed by atoms with Crippen molar-refractivity contribution in [2.45, 2.75) is 39.6 Å². The first-order chi connectivity index (χ1) is 12.0. The molecular weight excluding hydrogens is 330 g/mol. The van der Waals surface area contributed by atoms with Crippen molar-refractivity contribution in [3.8, 4) is 5.75 Å². The second kappa shape index (κ2) is 7.52. The van der Waals surface area contributed by atoms with E-state index in [-0.39, 0.29) is 11.3 Å². The highest BCUT2D eigenvalue weighted by Crippen LogP contribution is 2.43. The number of benzene rings is 2. The first-order valence-corrected chi connectivity index (χ1v) is 9.75. The van der Waals surface area contributed by atoms with Crippen LogP contribution in [0.4, 0.5) is 0 Å². The van der Waals surface area contributed by atoms with Gasteiger partial charge in [-0.3, -0.25) is 4.79 Å². The van der Waals surface area contributed by atoms with Gasteiger partial charge in [0.1, 0.15) is 11.1 Å². The van der Waals surface area contributed by atoms with Gasteiger partial charge in [-0.1, -0.05) is 35.9 Å². The maximum absolute atomic E-state index is 12.6. The van der Waals surface area contributed by atoms with Crippen LogP contribution in [0.1, 0.15) is 40.1 Å². The van der Waals surface area contributed by atoms with Crippen LogP contribution in [0.5, 0.6) is 5.75 Å². The van der Waals surface area contributed by atoms with E-state index in [9.17, 15) is 4.79 Å². The molecule has 1 unspecified atom stereocenters. The Balaban J connectivity index is 1.94. The van der Waals surface area contributed by atoms with E-state index < -0.39 is 0 Å². The largest absolute Gasteiger partial charge is 0.493 e. The van der Waals surface area contributed by atoms with Gasteiger partial charge < -0.3 is 9.64 Å². The van der Waals surface area contributed by atoms with Gasteiger partial charge in [-0.2, -0.15) is 0 Å². The van der Waals surface area contributed by atoms with Gasteiger partial charge in [-0.25, -0.2) is 0 Å². The van der Waals surface area contributed by atoms with Gasteiger partial charge in [0.05, 0.1) is 12.4 Å². The Hall–Kier alpha value is -1.94. The summed E-state index contributed by atoms with van der Waals surface area (Å²) in [6, 6.07) is 12.4. The lowest BCUT2D eigenvalue weighted by atomic mass is 9.99. The Labute approximate surface area is 154 Å². The minimum absolute atomic E-state index is 0.00959. The predicted molar refractivity (Wildman–Crippen MR) is 104 cm³/mol. The molecule has 132 valence electrons. The quantitative estimate of drug-likeness (QED) is 0.773. The number of thioether (sulfide) groups is 1. The van der Waals surface area contributed by atoms with Crippen molar-refractivity contribution >= 4 is 17.7 Å². The summed E-state index contributed by atoms with van der Waals surface area (Å²) in [7, 11) is 0. The molecule has 0 spiro atoms. The Bertz CT molecular complexity index is 764. The maximum Gasteiger partial charge on any atom is 0.234 e. The zero-order valence-electron chi connectivity index (χ0n) is 15.3. The van der Waals surface area contributed by atoms with Crippen LogP contribution in [0.2, 0.25) is 0 Å². The van der Waals surface area contributed by atoms with Gasteiger partial charge in [0, 0.05) is 12.1 Å². The van der Waals surface area contributed by atoms with E-state index >= 15 is 0 Å². The molecule has 0 aliphatic carbocycles. The number of nitrogens with zero attached hydrogens (tertiary/aromatic N) is 1. The number of hydrogen-bond acceptors (Lipinski definition) is 3. The molecule has 0 bridgehead atoms. The van der Waals surface area contributed by atoms with Gasteiger partial charge in [-0.15, -0.1) is 11.8 Å². The van der Waals surface area contributed by atoms with Crippen LogP contribution < -0.4 is 4.74 Å². The summed E-state index contributed by atoms with van der Waals surface area (Å²) in [5.74, 6) is 1.59. The summed E-state index contributed by atoms with van der Waals surface area (Å²) in [5, 5.41) is 0.00959. The average molecular weight is 356 g/mol. The monoisotopic (exact) mass is 355 g/mol. The van der Waals surface area contributed by atoms with Crippen molar-refractivity contribution in [3.05, 3.63) is 64.2 Å². The molecule has 3 rings (SSSR count). The lowest BCUT2D eigenvalue weighted by molar-refractivity contribution is -0.128. The predicted octanol–water partition coefficient (Wildman–Crippen LogP) is 4.78. The molecule has 25 heavy (non-hydrogen) atoms. The van der Waals surface area contributed by atoms with Crippen molar-refractivity contribution in [1.29, 1.82) is 0 Å². The van der Waals surface area contributed by atoms with Gasteiger partial charge in [-0.05, 0) is 50.5 Å². The van der Waals surface area contributed by atoms with Gasteiger partial charge in [0.2, 0.25) is 5.91 Å². The molecule has 1 fully saturated rings. The van der Waals surface area contributed by atoms with Gasteiger partial charge in [0.15, 0.2) is 0 Å². The van der Waals surface area contributed by atoms with E-state index in [1.165, 1.54) is 22.3 Å². The molecule has 1 saturated heterocycles. The Morgan fingerprint density at radius 2 is 1.84 bits per heavy atom. The lowest BCUT2D eigenvalue weighted by Gasteiger charge is -2.27. The van der Waals surface area contributed by atoms with E-state index in [1.807, 2.05) is 30.0 Å². The van der Waals surface area contributed by atoms with E-state index in [0.717, 1.165) is 11.3 Å². The molecule has 2 aromatic rings. The number of rotatable bonds is 5. The normalized spacial score (nSPS) is 17.2. The first-order valence-electron chi connectivity index (χ1n) is 8.70.